The summed E-state index contributed by atoms with van der Waals surface area (Å²) in [6.07, 6.45) is 1.54. The van der Waals surface area contributed by atoms with Crippen molar-refractivity contribution in [2.75, 3.05) is 31.6 Å². The van der Waals surface area contributed by atoms with Crippen LogP contribution in [0, 0.1) is 0 Å². The molecule has 0 saturated carbocycles. The normalized spacial score (nSPS) is 14.2. The number of rotatable bonds is 4. The van der Waals surface area contributed by atoms with Crippen LogP contribution >= 0.6 is 11.6 Å². The molecule has 3 aromatic rings. The third kappa shape index (κ3) is 3.85. The van der Waals surface area contributed by atoms with Gasteiger partial charge in [-0.15, -0.1) is 0 Å². The van der Waals surface area contributed by atoms with Crippen LogP contribution in [0.25, 0.3) is 5.65 Å². The first-order chi connectivity index (χ1) is 13.6. The summed E-state index contributed by atoms with van der Waals surface area (Å²) in [7, 11) is 0. The molecular weight excluding hydrogens is 380 g/mol. The first-order valence-electron chi connectivity index (χ1n) is 8.99. The van der Waals surface area contributed by atoms with Crippen LogP contribution in [-0.4, -0.2) is 46.5 Å². The highest BCUT2D eigenvalue weighted by Gasteiger charge is 2.20. The Balaban J connectivity index is 1.55. The molecule has 0 radical (unpaired) electrons. The predicted molar refractivity (Wildman–Crippen MR) is 107 cm³/mol. The minimum Gasteiger partial charge on any atom is -0.379 e. The van der Waals surface area contributed by atoms with Crippen molar-refractivity contribution < 1.29 is 9.53 Å². The van der Waals surface area contributed by atoms with Gasteiger partial charge in [0.25, 0.3) is 11.5 Å². The quantitative estimate of drug-likeness (QED) is 0.730. The van der Waals surface area contributed by atoms with Gasteiger partial charge >= 0.3 is 0 Å². The molecule has 1 aromatic carbocycles. The van der Waals surface area contributed by atoms with E-state index in [9.17, 15) is 9.59 Å². The lowest BCUT2D eigenvalue weighted by Gasteiger charge is -2.27. The highest BCUT2D eigenvalue weighted by molar-refractivity contribution is 6.30. The number of carbonyl (C=O) groups excluding carboxylic acids is 1. The van der Waals surface area contributed by atoms with Gasteiger partial charge in [-0.25, -0.2) is 4.98 Å². The Morgan fingerprint density at radius 3 is 2.79 bits per heavy atom. The summed E-state index contributed by atoms with van der Waals surface area (Å²) in [5, 5.41) is 3.71. The van der Waals surface area contributed by atoms with Gasteiger partial charge in [-0.05, 0) is 24.3 Å². The van der Waals surface area contributed by atoms with E-state index in [-0.39, 0.29) is 11.5 Å². The minimum atomic E-state index is -0.207. The van der Waals surface area contributed by atoms with E-state index in [1.165, 1.54) is 10.5 Å². The molecule has 0 unspecified atom stereocenters. The van der Waals surface area contributed by atoms with Gasteiger partial charge in [0.15, 0.2) is 0 Å². The van der Waals surface area contributed by atoms with Gasteiger partial charge < -0.3 is 15.0 Å². The Morgan fingerprint density at radius 1 is 1.18 bits per heavy atom. The van der Waals surface area contributed by atoms with Crippen LogP contribution in [0.2, 0.25) is 5.02 Å². The number of nitrogens with zero attached hydrogens (tertiary/aromatic N) is 3. The van der Waals surface area contributed by atoms with E-state index in [1.54, 1.807) is 29.3 Å². The lowest BCUT2D eigenvalue weighted by molar-refractivity contribution is 0.0303. The predicted octanol–water partition coefficient (Wildman–Crippen LogP) is 2.43. The molecule has 1 amide bonds. The molecule has 7 nitrogen and oxygen atoms in total. The van der Waals surface area contributed by atoms with Gasteiger partial charge in [0.05, 0.1) is 36.0 Å². The average molecular weight is 399 g/mol. The summed E-state index contributed by atoms with van der Waals surface area (Å²) in [5.41, 5.74) is 2.19. The maximum Gasteiger partial charge on any atom is 0.258 e. The third-order valence-electron chi connectivity index (χ3n) is 4.59. The number of para-hydroxylation sites is 1. The summed E-state index contributed by atoms with van der Waals surface area (Å²) in [5.74, 6) is -0.0346. The largest absolute Gasteiger partial charge is 0.379 e. The van der Waals surface area contributed by atoms with Gasteiger partial charge in [0.1, 0.15) is 5.65 Å². The summed E-state index contributed by atoms with van der Waals surface area (Å²) >= 11 is 5.94. The van der Waals surface area contributed by atoms with Crippen molar-refractivity contribution in [3.63, 3.8) is 0 Å². The van der Waals surface area contributed by atoms with Crippen molar-refractivity contribution in [2.24, 2.45) is 0 Å². The molecule has 0 atom stereocenters. The van der Waals surface area contributed by atoms with Crippen LogP contribution in [0.4, 0.5) is 5.69 Å². The van der Waals surface area contributed by atoms with Gasteiger partial charge in [-0.3, -0.25) is 14.0 Å². The number of aromatic nitrogens is 2. The lowest BCUT2D eigenvalue weighted by Crippen LogP contribution is -2.40. The van der Waals surface area contributed by atoms with Crippen molar-refractivity contribution in [3.05, 3.63) is 75.3 Å². The maximum absolute atomic E-state index is 12.8. The van der Waals surface area contributed by atoms with Gasteiger partial charge in [0, 0.05) is 31.0 Å². The van der Waals surface area contributed by atoms with Crippen molar-refractivity contribution in [2.45, 2.75) is 6.54 Å². The van der Waals surface area contributed by atoms with Crippen molar-refractivity contribution >= 4 is 28.8 Å². The number of benzene rings is 1. The monoisotopic (exact) mass is 398 g/mol. The second-order valence-corrected chi connectivity index (χ2v) is 6.90. The fraction of sp³-hybridized carbons (Fsp3) is 0.250. The third-order valence-corrected chi connectivity index (χ3v) is 4.82. The van der Waals surface area contributed by atoms with Crippen LogP contribution < -0.4 is 10.9 Å². The Bertz CT molecular complexity index is 1080. The van der Waals surface area contributed by atoms with Crippen LogP contribution in [0.15, 0.2) is 53.5 Å². The van der Waals surface area contributed by atoms with Crippen LogP contribution in [0.3, 0.4) is 0 Å². The van der Waals surface area contributed by atoms with E-state index < -0.39 is 0 Å². The number of anilines is 1. The smallest absolute Gasteiger partial charge is 0.258 e. The minimum absolute atomic E-state index is 0.0346. The Morgan fingerprint density at radius 2 is 1.96 bits per heavy atom. The Hall–Kier alpha value is -2.90. The van der Waals surface area contributed by atoms with E-state index in [0.717, 1.165) is 0 Å². The van der Waals surface area contributed by atoms with Gasteiger partial charge in [0.2, 0.25) is 0 Å². The molecule has 1 saturated heterocycles. The second kappa shape index (κ2) is 8.00. The fourth-order valence-electron chi connectivity index (χ4n) is 3.16. The molecule has 144 valence electrons. The number of amides is 1. The first kappa shape index (κ1) is 18.5. The number of halogens is 1. The number of carbonyl (C=O) groups is 1. The average Bonchev–Trinajstić information content (AvgIpc) is 2.73. The molecule has 2 aromatic heterocycles. The van der Waals surface area contributed by atoms with Crippen LogP contribution in [-0.2, 0) is 11.3 Å². The fourth-order valence-corrected chi connectivity index (χ4v) is 3.32. The molecule has 3 heterocycles. The molecule has 1 N–H and O–H groups in total. The molecular formula is C20H19ClN4O3. The molecule has 1 aliphatic rings. The zero-order chi connectivity index (χ0) is 19.5. The second-order valence-electron chi connectivity index (χ2n) is 6.46. The SMILES string of the molecule is O=C(c1ccccc1NCc1cc(=O)n2cc(Cl)ccc2n1)N1CCOCC1. The van der Waals surface area contributed by atoms with Crippen LogP contribution in [0.5, 0.6) is 0 Å². The number of ether oxygens (including phenoxy) is 1. The van der Waals surface area contributed by atoms with E-state index in [0.29, 0.717) is 60.5 Å². The number of pyridine rings is 1. The van der Waals surface area contributed by atoms with E-state index in [4.69, 9.17) is 16.3 Å². The van der Waals surface area contributed by atoms with Crippen molar-refractivity contribution in [1.82, 2.24) is 14.3 Å². The molecule has 4 rings (SSSR count). The highest BCUT2D eigenvalue weighted by atomic mass is 35.5. The molecule has 0 aliphatic carbocycles. The highest BCUT2D eigenvalue weighted by Crippen LogP contribution is 2.19. The summed E-state index contributed by atoms with van der Waals surface area (Å²) < 4.78 is 6.72. The molecule has 8 heteroatoms. The number of nitrogens with one attached hydrogen (secondary N) is 1. The molecule has 1 fully saturated rings. The van der Waals surface area contributed by atoms with Gasteiger partial charge in [-0.1, -0.05) is 23.7 Å². The Kier molecular flexibility index (Phi) is 5.27. The molecule has 0 spiro atoms. The summed E-state index contributed by atoms with van der Waals surface area (Å²) in [4.78, 5) is 31.4. The Labute approximate surface area is 166 Å². The summed E-state index contributed by atoms with van der Waals surface area (Å²) in [6.45, 7) is 2.59. The lowest BCUT2D eigenvalue weighted by atomic mass is 10.1. The van der Waals surface area contributed by atoms with Crippen molar-refractivity contribution in [1.29, 1.82) is 0 Å². The first-order valence-corrected chi connectivity index (χ1v) is 9.37. The van der Waals surface area contributed by atoms with Gasteiger partial charge in [-0.2, -0.15) is 0 Å². The topological polar surface area (TPSA) is 75.9 Å². The number of morpholine rings is 1. The number of fused-ring (bicyclic) bond motifs is 1. The molecule has 28 heavy (non-hydrogen) atoms. The maximum atomic E-state index is 12.8. The summed E-state index contributed by atoms with van der Waals surface area (Å²) in [6, 6.07) is 12.2. The van der Waals surface area contributed by atoms with E-state index in [2.05, 4.69) is 10.3 Å². The zero-order valence-electron chi connectivity index (χ0n) is 15.1. The standard InChI is InChI=1S/C20H19ClN4O3/c21-14-5-6-18-23-15(11-19(26)25(18)13-14)12-22-17-4-2-1-3-16(17)20(27)24-7-9-28-10-8-24/h1-6,11,13,22H,7-10,12H2. The molecule has 1 aliphatic heterocycles. The number of hydrogen-bond acceptors (Lipinski definition) is 5. The number of hydrogen-bond donors (Lipinski definition) is 1. The van der Waals surface area contributed by atoms with E-state index >= 15 is 0 Å². The molecule has 0 bridgehead atoms. The van der Waals surface area contributed by atoms with Crippen molar-refractivity contribution in [3.8, 4) is 0 Å². The van der Waals surface area contributed by atoms with Crippen LogP contribution in [0.1, 0.15) is 16.1 Å². The zero-order valence-corrected chi connectivity index (χ0v) is 15.9. The van der Waals surface area contributed by atoms with E-state index in [1.807, 2.05) is 18.2 Å².